The molecule has 2 aromatic rings. The van der Waals surface area contributed by atoms with Gasteiger partial charge in [0.05, 0.1) is 6.10 Å². The third-order valence-corrected chi connectivity index (χ3v) is 6.74. The minimum absolute atomic E-state index is 0.0629. The van der Waals surface area contributed by atoms with E-state index in [9.17, 15) is 12.8 Å². The molecular formula is C22H28ClFN2O4S. The van der Waals surface area contributed by atoms with Gasteiger partial charge in [0.15, 0.2) is 11.5 Å². The number of likely N-dealkylation sites (tertiary alicyclic amines) is 1. The molecule has 0 atom stereocenters. The molecule has 2 aromatic carbocycles. The molecule has 170 valence electrons. The number of rotatable bonds is 9. The Morgan fingerprint density at radius 2 is 1.84 bits per heavy atom. The summed E-state index contributed by atoms with van der Waals surface area (Å²) in [6.45, 7) is 6.60. The lowest BCUT2D eigenvalue weighted by Crippen LogP contribution is -2.45. The van der Waals surface area contributed by atoms with E-state index < -0.39 is 20.7 Å². The zero-order valence-electron chi connectivity index (χ0n) is 17.7. The second-order valence-corrected chi connectivity index (χ2v) is 9.89. The molecule has 1 N–H and O–H groups in total. The van der Waals surface area contributed by atoms with Crippen molar-refractivity contribution in [1.82, 2.24) is 9.62 Å². The monoisotopic (exact) mass is 470 g/mol. The highest BCUT2D eigenvalue weighted by Crippen LogP contribution is 2.27. The summed E-state index contributed by atoms with van der Waals surface area (Å²) < 4.78 is 53.3. The van der Waals surface area contributed by atoms with Crippen LogP contribution in [0, 0.1) is 5.82 Å². The zero-order valence-corrected chi connectivity index (χ0v) is 19.3. The van der Waals surface area contributed by atoms with E-state index in [1.54, 1.807) is 0 Å². The molecule has 31 heavy (non-hydrogen) atoms. The van der Waals surface area contributed by atoms with Gasteiger partial charge in [0.2, 0.25) is 10.0 Å². The lowest BCUT2D eigenvalue weighted by atomic mass is 10.1. The summed E-state index contributed by atoms with van der Waals surface area (Å²) in [5.74, 6) is 0.620. The quantitative estimate of drug-likeness (QED) is 0.598. The van der Waals surface area contributed by atoms with Crippen LogP contribution in [0.2, 0.25) is 5.02 Å². The standard InChI is InChI=1S/C22H28ClFN2O4S/c1-16(2)30-21-6-4-3-5-20(21)29-14-13-26-11-9-18(10-12-26)25-31(27,28)22-15-17(23)7-8-19(22)24/h3-8,15-16,18,25H,9-14H2,1-2H3. The number of hydrogen-bond donors (Lipinski definition) is 1. The van der Waals surface area contributed by atoms with Gasteiger partial charge in [-0.25, -0.2) is 17.5 Å². The van der Waals surface area contributed by atoms with E-state index in [1.807, 2.05) is 38.1 Å². The molecule has 1 aliphatic heterocycles. The maximum absolute atomic E-state index is 14.0. The summed E-state index contributed by atoms with van der Waals surface area (Å²) in [5.41, 5.74) is 0. The number of nitrogens with zero attached hydrogens (tertiary/aromatic N) is 1. The van der Waals surface area contributed by atoms with Gasteiger partial charge in [0, 0.05) is 17.6 Å². The highest BCUT2D eigenvalue weighted by molar-refractivity contribution is 7.89. The summed E-state index contributed by atoms with van der Waals surface area (Å²) in [6.07, 6.45) is 1.33. The van der Waals surface area contributed by atoms with E-state index in [0.29, 0.717) is 25.2 Å². The molecule has 1 fully saturated rings. The Morgan fingerprint density at radius 1 is 1.16 bits per heavy atom. The molecule has 9 heteroatoms. The number of nitrogens with one attached hydrogen (secondary N) is 1. The lowest BCUT2D eigenvalue weighted by molar-refractivity contribution is 0.164. The molecule has 1 heterocycles. The fourth-order valence-corrected chi connectivity index (χ4v) is 5.09. The van der Waals surface area contributed by atoms with Gasteiger partial charge in [0.25, 0.3) is 0 Å². The second-order valence-electron chi connectivity index (χ2n) is 7.77. The first kappa shape index (κ1) is 23.8. The van der Waals surface area contributed by atoms with E-state index in [1.165, 1.54) is 6.07 Å². The maximum Gasteiger partial charge on any atom is 0.243 e. The molecule has 0 bridgehead atoms. The van der Waals surface area contributed by atoms with E-state index in [4.69, 9.17) is 21.1 Å². The fraction of sp³-hybridized carbons (Fsp3) is 0.455. The van der Waals surface area contributed by atoms with Crippen LogP contribution in [-0.2, 0) is 10.0 Å². The van der Waals surface area contributed by atoms with Crippen molar-refractivity contribution in [2.24, 2.45) is 0 Å². The third-order valence-electron chi connectivity index (χ3n) is 4.97. The number of para-hydroxylation sites is 2. The number of sulfonamides is 1. The number of ether oxygens (including phenoxy) is 2. The van der Waals surface area contributed by atoms with Crippen LogP contribution in [0.4, 0.5) is 4.39 Å². The normalized spacial score (nSPS) is 15.9. The van der Waals surface area contributed by atoms with Gasteiger partial charge < -0.3 is 9.47 Å². The van der Waals surface area contributed by atoms with Gasteiger partial charge in [-0.2, -0.15) is 0 Å². The summed E-state index contributed by atoms with van der Waals surface area (Å²) >= 11 is 5.83. The van der Waals surface area contributed by atoms with Crippen molar-refractivity contribution in [2.45, 2.75) is 43.7 Å². The van der Waals surface area contributed by atoms with Crippen LogP contribution in [0.5, 0.6) is 11.5 Å². The topological polar surface area (TPSA) is 67.9 Å². The first-order valence-electron chi connectivity index (χ1n) is 10.3. The van der Waals surface area contributed by atoms with Crippen molar-refractivity contribution in [1.29, 1.82) is 0 Å². The molecular weight excluding hydrogens is 443 g/mol. The SMILES string of the molecule is CC(C)Oc1ccccc1OCCN1CCC(NS(=O)(=O)c2cc(Cl)ccc2F)CC1. The fourth-order valence-electron chi connectivity index (χ4n) is 3.45. The van der Waals surface area contributed by atoms with Crippen LogP contribution in [0.15, 0.2) is 47.4 Å². The second kappa shape index (κ2) is 10.6. The number of hydrogen-bond acceptors (Lipinski definition) is 5. The van der Waals surface area contributed by atoms with Gasteiger partial charge in [-0.3, -0.25) is 4.90 Å². The predicted molar refractivity (Wildman–Crippen MR) is 119 cm³/mol. The largest absolute Gasteiger partial charge is 0.488 e. The molecule has 0 unspecified atom stereocenters. The van der Waals surface area contributed by atoms with Crippen molar-refractivity contribution in [3.05, 3.63) is 53.3 Å². The van der Waals surface area contributed by atoms with Crippen LogP contribution >= 0.6 is 11.6 Å². The van der Waals surface area contributed by atoms with Crippen molar-refractivity contribution in [3.8, 4) is 11.5 Å². The van der Waals surface area contributed by atoms with Crippen molar-refractivity contribution in [2.75, 3.05) is 26.2 Å². The number of piperidine rings is 1. The molecule has 0 saturated carbocycles. The molecule has 6 nitrogen and oxygen atoms in total. The van der Waals surface area contributed by atoms with Gasteiger partial charge in [-0.05, 0) is 70.1 Å². The zero-order chi connectivity index (χ0) is 22.4. The Hall–Kier alpha value is -1.87. The van der Waals surface area contributed by atoms with Gasteiger partial charge in [-0.15, -0.1) is 0 Å². The van der Waals surface area contributed by atoms with Crippen molar-refractivity contribution < 1.29 is 22.3 Å². The molecule has 0 aliphatic carbocycles. The Kier molecular flexibility index (Phi) is 8.16. The van der Waals surface area contributed by atoms with E-state index in [2.05, 4.69) is 9.62 Å². The van der Waals surface area contributed by atoms with Crippen LogP contribution in [0.25, 0.3) is 0 Å². The van der Waals surface area contributed by atoms with Crippen molar-refractivity contribution in [3.63, 3.8) is 0 Å². The number of benzene rings is 2. The average molecular weight is 471 g/mol. The molecule has 0 aromatic heterocycles. The summed E-state index contributed by atoms with van der Waals surface area (Å²) in [4.78, 5) is 1.80. The highest BCUT2D eigenvalue weighted by Gasteiger charge is 2.26. The Labute approximate surface area is 188 Å². The predicted octanol–water partition coefficient (Wildman–Crippen LogP) is 4.09. The Bertz CT molecular complexity index is 979. The molecule has 0 radical (unpaired) electrons. The van der Waals surface area contributed by atoms with Gasteiger partial charge in [-0.1, -0.05) is 23.7 Å². The minimum Gasteiger partial charge on any atom is -0.488 e. The first-order chi connectivity index (χ1) is 14.7. The van der Waals surface area contributed by atoms with Crippen LogP contribution in [0.3, 0.4) is 0 Å². The summed E-state index contributed by atoms with van der Waals surface area (Å²) in [7, 11) is -3.96. The number of halogens is 2. The van der Waals surface area contributed by atoms with Gasteiger partial charge in [0.1, 0.15) is 17.3 Å². The smallest absolute Gasteiger partial charge is 0.243 e. The van der Waals surface area contributed by atoms with Crippen molar-refractivity contribution >= 4 is 21.6 Å². The van der Waals surface area contributed by atoms with Gasteiger partial charge >= 0.3 is 0 Å². The minimum atomic E-state index is -3.96. The van der Waals surface area contributed by atoms with E-state index >= 15 is 0 Å². The lowest BCUT2D eigenvalue weighted by Gasteiger charge is -2.32. The molecule has 3 rings (SSSR count). The maximum atomic E-state index is 14.0. The summed E-state index contributed by atoms with van der Waals surface area (Å²) in [6, 6.07) is 10.8. The average Bonchev–Trinajstić information content (AvgIpc) is 2.71. The van der Waals surface area contributed by atoms with E-state index in [0.717, 1.165) is 37.5 Å². The Balaban J connectivity index is 1.47. The Morgan fingerprint density at radius 3 is 2.52 bits per heavy atom. The molecule has 0 amide bonds. The van der Waals surface area contributed by atoms with Crippen LogP contribution < -0.4 is 14.2 Å². The van der Waals surface area contributed by atoms with Crippen LogP contribution in [0.1, 0.15) is 26.7 Å². The highest BCUT2D eigenvalue weighted by atomic mass is 35.5. The van der Waals surface area contributed by atoms with E-state index in [-0.39, 0.29) is 17.2 Å². The third kappa shape index (κ3) is 6.80. The summed E-state index contributed by atoms with van der Waals surface area (Å²) in [5, 5.41) is 0.178. The molecule has 1 aliphatic rings. The molecule has 0 spiro atoms. The molecule has 1 saturated heterocycles. The first-order valence-corrected chi connectivity index (χ1v) is 12.2. The van der Waals surface area contributed by atoms with Crippen LogP contribution in [-0.4, -0.2) is 51.7 Å².